The van der Waals surface area contributed by atoms with Gasteiger partial charge in [-0.25, -0.2) is 0 Å². The molecule has 0 unspecified atom stereocenters. The zero-order valence-corrected chi connectivity index (χ0v) is 9.00. The number of rotatable bonds is 5. The molecule has 0 radical (unpaired) electrons. The van der Waals surface area contributed by atoms with Crippen molar-refractivity contribution in [1.29, 1.82) is 0 Å². The third-order valence-electron chi connectivity index (χ3n) is 2.78. The Morgan fingerprint density at radius 1 is 1.40 bits per heavy atom. The molecule has 1 N–H and O–H groups in total. The first-order valence-corrected chi connectivity index (χ1v) is 5.63. The van der Waals surface area contributed by atoms with Crippen molar-refractivity contribution in [3.8, 4) is 12.3 Å². The van der Waals surface area contributed by atoms with Crippen molar-refractivity contribution in [2.45, 2.75) is 31.7 Å². The average molecular weight is 199 g/mol. The largest absolute Gasteiger partial charge is 0.312 e. The fourth-order valence-corrected chi connectivity index (χ4v) is 1.77. The van der Waals surface area contributed by atoms with Crippen LogP contribution in [0.5, 0.6) is 0 Å². The Balaban J connectivity index is 1.85. The molecule has 15 heavy (non-hydrogen) atoms. The van der Waals surface area contributed by atoms with E-state index in [0.717, 1.165) is 25.4 Å². The van der Waals surface area contributed by atoms with Crippen molar-refractivity contribution in [2.75, 3.05) is 6.54 Å². The topological polar surface area (TPSA) is 12.0 Å². The van der Waals surface area contributed by atoms with E-state index in [-0.39, 0.29) is 0 Å². The van der Waals surface area contributed by atoms with Gasteiger partial charge in [-0.05, 0) is 29.9 Å². The highest BCUT2D eigenvalue weighted by molar-refractivity contribution is 5.29. The Morgan fingerprint density at radius 2 is 2.27 bits per heavy atom. The fourth-order valence-electron chi connectivity index (χ4n) is 1.77. The smallest absolute Gasteiger partial charge is 0.0212 e. The minimum absolute atomic E-state index is 0.808. The highest BCUT2D eigenvalue weighted by Crippen LogP contribution is 2.40. The molecule has 1 aromatic carbocycles. The standard InChI is InChI=1S/C14H17N/c1-2-3-9-15-11-12-5-4-6-14(10-12)13-7-8-13/h1,4-6,10,13,15H,3,7-9,11H2. The fraction of sp³-hybridized carbons (Fsp3) is 0.429. The summed E-state index contributed by atoms with van der Waals surface area (Å²) in [6.45, 7) is 1.84. The van der Waals surface area contributed by atoms with E-state index in [1.165, 1.54) is 24.0 Å². The van der Waals surface area contributed by atoms with Gasteiger partial charge in [-0.15, -0.1) is 12.3 Å². The molecule has 1 fully saturated rings. The number of hydrogen-bond acceptors (Lipinski definition) is 1. The highest BCUT2D eigenvalue weighted by atomic mass is 14.8. The maximum Gasteiger partial charge on any atom is 0.0212 e. The molecule has 0 saturated heterocycles. The lowest BCUT2D eigenvalue weighted by Gasteiger charge is -2.05. The van der Waals surface area contributed by atoms with Crippen LogP contribution in [-0.2, 0) is 6.54 Å². The summed E-state index contributed by atoms with van der Waals surface area (Å²) in [5.41, 5.74) is 2.88. The number of hydrogen-bond donors (Lipinski definition) is 1. The molecule has 0 aliphatic heterocycles. The molecule has 1 heteroatoms. The highest BCUT2D eigenvalue weighted by Gasteiger charge is 2.23. The van der Waals surface area contributed by atoms with Crippen LogP contribution in [0.1, 0.15) is 36.3 Å². The lowest BCUT2D eigenvalue weighted by Crippen LogP contribution is -2.14. The number of nitrogens with one attached hydrogen (secondary N) is 1. The van der Waals surface area contributed by atoms with E-state index in [1.54, 1.807) is 0 Å². The lowest BCUT2D eigenvalue weighted by molar-refractivity contribution is 0.700. The van der Waals surface area contributed by atoms with Crippen molar-refractivity contribution in [3.63, 3.8) is 0 Å². The Labute approximate surface area is 91.9 Å². The van der Waals surface area contributed by atoms with Crippen LogP contribution in [0.4, 0.5) is 0 Å². The summed E-state index contributed by atoms with van der Waals surface area (Å²) in [6, 6.07) is 8.89. The number of benzene rings is 1. The summed E-state index contributed by atoms with van der Waals surface area (Å²) in [5.74, 6) is 3.47. The molecule has 78 valence electrons. The van der Waals surface area contributed by atoms with E-state index >= 15 is 0 Å². The maximum absolute atomic E-state index is 5.19. The van der Waals surface area contributed by atoms with Gasteiger partial charge in [0.1, 0.15) is 0 Å². The molecular weight excluding hydrogens is 182 g/mol. The second kappa shape index (κ2) is 5.00. The Kier molecular flexibility index (Phi) is 3.42. The van der Waals surface area contributed by atoms with Crippen molar-refractivity contribution in [1.82, 2.24) is 5.32 Å². The van der Waals surface area contributed by atoms with Gasteiger partial charge >= 0.3 is 0 Å². The second-order valence-corrected chi connectivity index (χ2v) is 4.15. The van der Waals surface area contributed by atoms with E-state index in [4.69, 9.17) is 6.42 Å². The predicted molar refractivity (Wildman–Crippen MR) is 63.6 cm³/mol. The quantitative estimate of drug-likeness (QED) is 0.568. The van der Waals surface area contributed by atoms with E-state index < -0.39 is 0 Å². The third kappa shape index (κ3) is 3.11. The van der Waals surface area contributed by atoms with Gasteiger partial charge in [-0.2, -0.15) is 0 Å². The molecule has 0 amide bonds. The summed E-state index contributed by atoms with van der Waals surface area (Å²) in [5, 5.41) is 3.35. The molecule has 0 heterocycles. The van der Waals surface area contributed by atoms with Crippen LogP contribution in [0.25, 0.3) is 0 Å². The normalized spacial score (nSPS) is 14.9. The Morgan fingerprint density at radius 3 is 3.00 bits per heavy atom. The summed E-state index contributed by atoms with van der Waals surface area (Å²) >= 11 is 0. The first kappa shape index (κ1) is 10.3. The molecule has 0 spiro atoms. The van der Waals surface area contributed by atoms with Crippen LogP contribution in [0.15, 0.2) is 24.3 Å². The third-order valence-corrected chi connectivity index (χ3v) is 2.78. The van der Waals surface area contributed by atoms with Crippen LogP contribution in [-0.4, -0.2) is 6.54 Å². The van der Waals surface area contributed by atoms with Gasteiger partial charge in [0.2, 0.25) is 0 Å². The molecule has 1 aromatic rings. The molecule has 1 nitrogen and oxygen atoms in total. The Bertz CT molecular complexity index is 358. The van der Waals surface area contributed by atoms with Gasteiger partial charge in [-0.3, -0.25) is 0 Å². The summed E-state index contributed by atoms with van der Waals surface area (Å²) < 4.78 is 0. The van der Waals surface area contributed by atoms with Crippen molar-refractivity contribution >= 4 is 0 Å². The van der Waals surface area contributed by atoms with Crippen LogP contribution < -0.4 is 5.32 Å². The first-order chi connectivity index (χ1) is 7.40. The van der Waals surface area contributed by atoms with Gasteiger partial charge in [-0.1, -0.05) is 24.3 Å². The first-order valence-electron chi connectivity index (χ1n) is 5.63. The van der Waals surface area contributed by atoms with E-state index in [1.807, 2.05) is 0 Å². The van der Waals surface area contributed by atoms with Crippen molar-refractivity contribution in [3.05, 3.63) is 35.4 Å². The van der Waals surface area contributed by atoms with Crippen LogP contribution >= 0.6 is 0 Å². The van der Waals surface area contributed by atoms with Gasteiger partial charge in [0, 0.05) is 19.5 Å². The van der Waals surface area contributed by atoms with Crippen LogP contribution in [0.3, 0.4) is 0 Å². The molecule has 0 bridgehead atoms. The van der Waals surface area contributed by atoms with E-state index in [2.05, 4.69) is 35.5 Å². The van der Waals surface area contributed by atoms with E-state index in [9.17, 15) is 0 Å². The zero-order chi connectivity index (χ0) is 10.5. The molecule has 0 aromatic heterocycles. The lowest BCUT2D eigenvalue weighted by atomic mass is 10.1. The average Bonchev–Trinajstić information content (AvgIpc) is 3.09. The SMILES string of the molecule is C#CCCNCc1cccc(C2CC2)c1. The minimum Gasteiger partial charge on any atom is -0.312 e. The summed E-state index contributed by atoms with van der Waals surface area (Å²) in [7, 11) is 0. The monoisotopic (exact) mass is 199 g/mol. The molecule has 1 aliphatic rings. The second-order valence-electron chi connectivity index (χ2n) is 4.15. The predicted octanol–water partition coefficient (Wildman–Crippen LogP) is 2.68. The Hall–Kier alpha value is -1.26. The molecule has 1 saturated carbocycles. The van der Waals surface area contributed by atoms with Crippen LogP contribution in [0.2, 0.25) is 0 Å². The maximum atomic E-state index is 5.19. The molecule has 2 rings (SSSR count). The summed E-state index contributed by atoms with van der Waals surface area (Å²) in [6.07, 6.45) is 8.74. The van der Waals surface area contributed by atoms with Gasteiger partial charge in [0.05, 0.1) is 0 Å². The van der Waals surface area contributed by atoms with Gasteiger partial charge in [0.15, 0.2) is 0 Å². The summed E-state index contributed by atoms with van der Waals surface area (Å²) in [4.78, 5) is 0. The minimum atomic E-state index is 0.808. The molecular formula is C14H17N. The zero-order valence-electron chi connectivity index (χ0n) is 9.00. The van der Waals surface area contributed by atoms with Crippen molar-refractivity contribution < 1.29 is 0 Å². The van der Waals surface area contributed by atoms with Gasteiger partial charge in [0.25, 0.3) is 0 Å². The van der Waals surface area contributed by atoms with Gasteiger partial charge < -0.3 is 5.32 Å². The van der Waals surface area contributed by atoms with Crippen LogP contribution in [0, 0.1) is 12.3 Å². The molecule has 1 aliphatic carbocycles. The van der Waals surface area contributed by atoms with Crippen molar-refractivity contribution in [2.24, 2.45) is 0 Å². The number of terminal acetylenes is 1. The molecule has 0 atom stereocenters. The van der Waals surface area contributed by atoms with E-state index in [0.29, 0.717) is 0 Å².